The first-order valence-electron chi connectivity index (χ1n) is 6.82. The Balaban J connectivity index is 1.74. The second-order valence-electron chi connectivity index (χ2n) is 5.04. The fourth-order valence-electron chi connectivity index (χ4n) is 2.83. The largest absolute Gasteiger partial charge is 0.368 e. The monoisotopic (exact) mass is 272 g/mol. The van der Waals surface area contributed by atoms with Crippen LogP contribution in [-0.4, -0.2) is 24.7 Å². The lowest BCUT2D eigenvalue weighted by Gasteiger charge is -2.21. The number of hydrogen-bond donors (Lipinski definition) is 1. The van der Waals surface area contributed by atoms with Crippen molar-refractivity contribution in [1.29, 1.82) is 0 Å². The quantitative estimate of drug-likeness (QED) is 0.866. The lowest BCUT2D eigenvalue weighted by Crippen LogP contribution is -2.33. The van der Waals surface area contributed by atoms with Crippen molar-refractivity contribution in [2.75, 3.05) is 19.7 Å². The molecule has 4 heteroatoms. The standard InChI is InChI=1S/C15H16N2OS/c1-2-4-11-10(3-1)5-6-13-14(11)17-15(19-13)12-9-16-7-8-18-12/h1-4,12,16H,5-9H2. The van der Waals surface area contributed by atoms with Crippen molar-refractivity contribution < 1.29 is 4.74 Å². The summed E-state index contributed by atoms with van der Waals surface area (Å²) in [4.78, 5) is 6.29. The van der Waals surface area contributed by atoms with Crippen LogP contribution in [0.25, 0.3) is 11.3 Å². The maximum Gasteiger partial charge on any atom is 0.124 e. The van der Waals surface area contributed by atoms with Crippen molar-refractivity contribution in [3.05, 3.63) is 39.7 Å². The number of rotatable bonds is 1. The Kier molecular flexibility index (Phi) is 2.87. The number of ether oxygens (including phenoxy) is 1. The van der Waals surface area contributed by atoms with Gasteiger partial charge in [-0.05, 0) is 18.4 Å². The number of aromatic nitrogens is 1. The van der Waals surface area contributed by atoms with E-state index in [0.717, 1.165) is 37.5 Å². The highest BCUT2D eigenvalue weighted by Crippen LogP contribution is 2.38. The number of fused-ring (bicyclic) bond motifs is 3. The Hall–Kier alpha value is -1.23. The van der Waals surface area contributed by atoms with E-state index in [1.54, 1.807) is 0 Å². The van der Waals surface area contributed by atoms with Gasteiger partial charge in [-0.3, -0.25) is 0 Å². The van der Waals surface area contributed by atoms with Crippen LogP contribution in [0.3, 0.4) is 0 Å². The first-order valence-corrected chi connectivity index (χ1v) is 7.63. The van der Waals surface area contributed by atoms with E-state index in [0.29, 0.717) is 0 Å². The molecular weight excluding hydrogens is 256 g/mol. The van der Waals surface area contributed by atoms with Gasteiger partial charge < -0.3 is 10.1 Å². The number of morpholine rings is 1. The summed E-state index contributed by atoms with van der Waals surface area (Å²) in [6, 6.07) is 8.63. The van der Waals surface area contributed by atoms with Gasteiger partial charge in [0.1, 0.15) is 11.1 Å². The van der Waals surface area contributed by atoms with E-state index in [-0.39, 0.29) is 6.10 Å². The number of nitrogens with zero attached hydrogens (tertiary/aromatic N) is 1. The van der Waals surface area contributed by atoms with Crippen LogP contribution in [0, 0.1) is 0 Å². The third kappa shape index (κ3) is 2.00. The topological polar surface area (TPSA) is 34.1 Å². The minimum Gasteiger partial charge on any atom is -0.368 e. The second kappa shape index (κ2) is 4.71. The molecule has 0 radical (unpaired) electrons. The first-order chi connectivity index (χ1) is 9.42. The molecule has 1 aliphatic carbocycles. The van der Waals surface area contributed by atoms with E-state index < -0.39 is 0 Å². The van der Waals surface area contributed by atoms with Crippen molar-refractivity contribution in [1.82, 2.24) is 10.3 Å². The zero-order valence-corrected chi connectivity index (χ0v) is 11.5. The summed E-state index contributed by atoms with van der Waals surface area (Å²) in [5.74, 6) is 0. The number of benzene rings is 1. The minimum absolute atomic E-state index is 0.136. The zero-order chi connectivity index (χ0) is 12.7. The molecule has 3 nitrogen and oxygen atoms in total. The van der Waals surface area contributed by atoms with Gasteiger partial charge in [0.15, 0.2) is 0 Å². The van der Waals surface area contributed by atoms with Crippen molar-refractivity contribution in [3.63, 3.8) is 0 Å². The SMILES string of the molecule is c1ccc2c(c1)CCc1sc(C3CNCCO3)nc1-2. The molecule has 0 amide bonds. The van der Waals surface area contributed by atoms with Crippen LogP contribution in [0.5, 0.6) is 0 Å². The molecule has 0 spiro atoms. The molecule has 1 fully saturated rings. The molecule has 98 valence electrons. The van der Waals surface area contributed by atoms with Crippen LogP contribution >= 0.6 is 11.3 Å². The van der Waals surface area contributed by atoms with Crippen LogP contribution in [0.4, 0.5) is 0 Å². The Morgan fingerprint density at radius 1 is 1.26 bits per heavy atom. The average molecular weight is 272 g/mol. The van der Waals surface area contributed by atoms with Crippen LogP contribution in [-0.2, 0) is 17.6 Å². The predicted octanol–water partition coefficient (Wildman–Crippen LogP) is 2.57. The summed E-state index contributed by atoms with van der Waals surface area (Å²) in [6.45, 7) is 2.62. The van der Waals surface area contributed by atoms with Gasteiger partial charge in [0.25, 0.3) is 0 Å². The van der Waals surface area contributed by atoms with E-state index in [4.69, 9.17) is 9.72 Å². The molecule has 1 aliphatic heterocycles. The molecule has 1 aromatic carbocycles. The van der Waals surface area contributed by atoms with E-state index >= 15 is 0 Å². The summed E-state index contributed by atoms with van der Waals surface area (Å²) in [7, 11) is 0. The van der Waals surface area contributed by atoms with Gasteiger partial charge in [0.2, 0.25) is 0 Å². The van der Waals surface area contributed by atoms with Crippen LogP contribution in [0.2, 0.25) is 0 Å². The fraction of sp³-hybridized carbons (Fsp3) is 0.400. The second-order valence-corrected chi connectivity index (χ2v) is 6.16. The number of thiazole rings is 1. The highest BCUT2D eigenvalue weighted by Gasteiger charge is 2.25. The Morgan fingerprint density at radius 2 is 2.21 bits per heavy atom. The van der Waals surface area contributed by atoms with Crippen molar-refractivity contribution in [3.8, 4) is 11.3 Å². The van der Waals surface area contributed by atoms with E-state index in [1.165, 1.54) is 21.7 Å². The lowest BCUT2D eigenvalue weighted by atomic mass is 9.94. The lowest BCUT2D eigenvalue weighted by molar-refractivity contribution is 0.0276. The Morgan fingerprint density at radius 3 is 3.11 bits per heavy atom. The molecule has 2 aromatic rings. The highest BCUT2D eigenvalue weighted by atomic mass is 32.1. The normalized spacial score (nSPS) is 21.8. The van der Waals surface area contributed by atoms with Crippen molar-refractivity contribution in [2.45, 2.75) is 18.9 Å². The first kappa shape index (κ1) is 11.6. The molecule has 1 unspecified atom stereocenters. The minimum atomic E-state index is 0.136. The van der Waals surface area contributed by atoms with E-state index in [2.05, 4.69) is 29.6 Å². The van der Waals surface area contributed by atoms with Gasteiger partial charge in [-0.25, -0.2) is 4.98 Å². The summed E-state index contributed by atoms with van der Waals surface area (Å²) < 4.78 is 5.82. The molecule has 1 saturated heterocycles. The smallest absolute Gasteiger partial charge is 0.124 e. The molecule has 2 heterocycles. The molecule has 0 bridgehead atoms. The van der Waals surface area contributed by atoms with E-state index in [1.807, 2.05) is 11.3 Å². The predicted molar refractivity (Wildman–Crippen MR) is 76.5 cm³/mol. The Labute approximate surface area is 116 Å². The molecule has 4 rings (SSSR count). The van der Waals surface area contributed by atoms with Crippen LogP contribution in [0.1, 0.15) is 21.6 Å². The molecule has 1 N–H and O–H groups in total. The maximum absolute atomic E-state index is 5.82. The summed E-state index contributed by atoms with van der Waals surface area (Å²) >= 11 is 1.83. The highest BCUT2D eigenvalue weighted by molar-refractivity contribution is 7.12. The molecule has 2 aliphatic rings. The summed E-state index contributed by atoms with van der Waals surface area (Å²) in [6.07, 6.45) is 2.38. The fourth-order valence-corrected chi connectivity index (χ4v) is 3.96. The number of hydrogen-bond acceptors (Lipinski definition) is 4. The van der Waals surface area contributed by atoms with Crippen LogP contribution in [0.15, 0.2) is 24.3 Å². The molecular formula is C15H16N2OS. The maximum atomic E-state index is 5.82. The third-order valence-electron chi connectivity index (χ3n) is 3.81. The van der Waals surface area contributed by atoms with Crippen molar-refractivity contribution in [2.24, 2.45) is 0 Å². The van der Waals surface area contributed by atoms with Crippen molar-refractivity contribution >= 4 is 11.3 Å². The van der Waals surface area contributed by atoms with Gasteiger partial charge >= 0.3 is 0 Å². The van der Waals surface area contributed by atoms with E-state index in [9.17, 15) is 0 Å². The summed E-state index contributed by atoms with van der Waals surface area (Å²) in [5, 5.41) is 4.51. The zero-order valence-electron chi connectivity index (χ0n) is 10.7. The average Bonchev–Trinajstić information content (AvgIpc) is 2.93. The molecule has 1 atom stereocenters. The molecule has 19 heavy (non-hydrogen) atoms. The van der Waals surface area contributed by atoms with Gasteiger partial charge in [-0.2, -0.15) is 0 Å². The van der Waals surface area contributed by atoms with Gasteiger partial charge in [-0.15, -0.1) is 11.3 Å². The molecule has 0 saturated carbocycles. The van der Waals surface area contributed by atoms with Gasteiger partial charge in [0, 0.05) is 23.5 Å². The number of aryl methyl sites for hydroxylation is 2. The summed E-state index contributed by atoms with van der Waals surface area (Å²) in [5.41, 5.74) is 3.93. The molecule has 1 aromatic heterocycles. The third-order valence-corrected chi connectivity index (χ3v) is 5.02. The van der Waals surface area contributed by atoms with Gasteiger partial charge in [0.05, 0.1) is 12.3 Å². The van der Waals surface area contributed by atoms with Gasteiger partial charge in [-0.1, -0.05) is 24.3 Å². The number of nitrogens with one attached hydrogen (secondary N) is 1. The Bertz CT molecular complexity index is 602. The van der Waals surface area contributed by atoms with Crippen LogP contribution < -0.4 is 5.32 Å².